The molecule has 0 radical (unpaired) electrons. The number of nitrogens with two attached hydrogens (primary N) is 1. The molecule has 2 N–H and O–H groups in total. The summed E-state index contributed by atoms with van der Waals surface area (Å²) in [7, 11) is 0. The molecule has 0 bridgehead atoms. The highest BCUT2D eigenvalue weighted by Gasteiger charge is 2.23. The summed E-state index contributed by atoms with van der Waals surface area (Å²) < 4.78 is 0. The lowest BCUT2D eigenvalue weighted by Gasteiger charge is -2.14. The average Bonchev–Trinajstić information content (AvgIpc) is 2.96. The summed E-state index contributed by atoms with van der Waals surface area (Å²) in [5.74, 6) is 0.578. The Hall–Kier alpha value is -1.61. The number of rotatable bonds is 4. The molecule has 1 aromatic rings. The third kappa shape index (κ3) is 3.48. The lowest BCUT2D eigenvalue weighted by Crippen LogP contribution is -2.28. The molecule has 1 aliphatic heterocycles. The van der Waals surface area contributed by atoms with Crippen LogP contribution in [0.3, 0.4) is 0 Å². The molecule has 3 heteroatoms. The Labute approximate surface area is 121 Å². The van der Waals surface area contributed by atoms with Crippen LogP contribution in [0.15, 0.2) is 30.3 Å². The van der Waals surface area contributed by atoms with E-state index in [1.807, 2.05) is 11.8 Å². The predicted octanol–water partition coefficient (Wildman–Crippen LogP) is 2.46. The molecule has 1 heterocycles. The first kappa shape index (κ1) is 14.8. The van der Waals surface area contributed by atoms with Crippen LogP contribution in [0.1, 0.15) is 31.4 Å². The maximum atomic E-state index is 12.2. The van der Waals surface area contributed by atoms with Crippen molar-refractivity contribution >= 4 is 11.5 Å². The van der Waals surface area contributed by atoms with Crippen molar-refractivity contribution in [3.8, 4) is 0 Å². The lowest BCUT2D eigenvalue weighted by atomic mass is 10.0. The zero-order chi connectivity index (χ0) is 14.5. The summed E-state index contributed by atoms with van der Waals surface area (Å²) in [6.07, 6.45) is 3.82. The molecule has 0 spiro atoms. The van der Waals surface area contributed by atoms with Gasteiger partial charge in [0.05, 0.1) is 0 Å². The second-order valence-corrected chi connectivity index (χ2v) is 5.55. The van der Waals surface area contributed by atoms with Crippen LogP contribution in [0.4, 0.5) is 0 Å². The Morgan fingerprint density at radius 2 is 2.10 bits per heavy atom. The molecule has 2 rings (SSSR count). The van der Waals surface area contributed by atoms with E-state index in [1.54, 1.807) is 6.08 Å². The second-order valence-electron chi connectivity index (χ2n) is 5.55. The molecule has 1 amide bonds. The van der Waals surface area contributed by atoms with Gasteiger partial charge in [0.25, 0.3) is 0 Å². The molecule has 108 valence electrons. The normalized spacial score (nSPS) is 19.4. The number of likely N-dealkylation sites (tertiary alicyclic amines) is 1. The van der Waals surface area contributed by atoms with Crippen LogP contribution in [-0.4, -0.2) is 30.4 Å². The van der Waals surface area contributed by atoms with Gasteiger partial charge in [-0.1, -0.05) is 31.2 Å². The topological polar surface area (TPSA) is 46.3 Å². The van der Waals surface area contributed by atoms with Crippen molar-refractivity contribution in [2.45, 2.75) is 26.7 Å². The predicted molar refractivity (Wildman–Crippen MR) is 83.2 cm³/mol. The fourth-order valence-corrected chi connectivity index (χ4v) is 2.59. The first-order chi connectivity index (χ1) is 9.63. The van der Waals surface area contributed by atoms with Gasteiger partial charge in [0.2, 0.25) is 5.91 Å². The van der Waals surface area contributed by atoms with E-state index in [-0.39, 0.29) is 5.91 Å². The smallest absolute Gasteiger partial charge is 0.246 e. The van der Waals surface area contributed by atoms with Gasteiger partial charge in [0, 0.05) is 19.2 Å². The molecular formula is C17H24N2O. The van der Waals surface area contributed by atoms with Crippen LogP contribution in [0, 0.1) is 5.92 Å². The molecule has 3 nitrogen and oxygen atoms in total. The van der Waals surface area contributed by atoms with Crippen molar-refractivity contribution in [1.82, 2.24) is 4.90 Å². The summed E-state index contributed by atoms with van der Waals surface area (Å²) in [5.41, 5.74) is 9.12. The zero-order valence-electron chi connectivity index (χ0n) is 12.4. The zero-order valence-corrected chi connectivity index (χ0v) is 12.4. The van der Waals surface area contributed by atoms with E-state index in [0.717, 1.165) is 37.1 Å². The van der Waals surface area contributed by atoms with Gasteiger partial charge in [-0.25, -0.2) is 0 Å². The molecule has 1 aromatic carbocycles. The minimum Gasteiger partial charge on any atom is -0.339 e. The van der Waals surface area contributed by atoms with Crippen molar-refractivity contribution in [3.05, 3.63) is 41.5 Å². The van der Waals surface area contributed by atoms with Crippen molar-refractivity contribution in [2.75, 3.05) is 19.6 Å². The second kappa shape index (κ2) is 6.71. The third-order valence-corrected chi connectivity index (χ3v) is 4.09. The summed E-state index contributed by atoms with van der Waals surface area (Å²) in [6, 6.07) is 8.42. The number of amides is 1. The molecule has 20 heavy (non-hydrogen) atoms. The van der Waals surface area contributed by atoms with Crippen molar-refractivity contribution < 1.29 is 4.79 Å². The van der Waals surface area contributed by atoms with Crippen molar-refractivity contribution in [3.63, 3.8) is 0 Å². The van der Waals surface area contributed by atoms with Gasteiger partial charge in [0.1, 0.15) is 0 Å². The van der Waals surface area contributed by atoms with Gasteiger partial charge in [-0.15, -0.1) is 0 Å². The summed E-state index contributed by atoms with van der Waals surface area (Å²) in [5, 5.41) is 0. The maximum absolute atomic E-state index is 12.2. The molecule has 0 aromatic heterocycles. The molecule has 1 aliphatic rings. The Morgan fingerprint density at radius 1 is 1.40 bits per heavy atom. The van der Waals surface area contributed by atoms with Crippen LogP contribution in [-0.2, 0) is 11.2 Å². The van der Waals surface area contributed by atoms with Crippen molar-refractivity contribution in [2.24, 2.45) is 11.7 Å². The van der Waals surface area contributed by atoms with E-state index in [2.05, 4.69) is 31.2 Å². The number of carbonyl (C=O) groups is 1. The van der Waals surface area contributed by atoms with Gasteiger partial charge < -0.3 is 10.6 Å². The molecule has 1 unspecified atom stereocenters. The van der Waals surface area contributed by atoms with Gasteiger partial charge in [0.15, 0.2) is 0 Å². The average molecular weight is 272 g/mol. The number of carbonyl (C=O) groups excluding carboxylic acids is 1. The first-order valence-corrected chi connectivity index (χ1v) is 7.40. The first-order valence-electron chi connectivity index (χ1n) is 7.40. The third-order valence-electron chi connectivity index (χ3n) is 4.09. The van der Waals surface area contributed by atoms with Gasteiger partial charge in [-0.3, -0.25) is 4.79 Å². The molecular weight excluding hydrogens is 248 g/mol. The minimum atomic E-state index is 0.109. The van der Waals surface area contributed by atoms with Gasteiger partial charge >= 0.3 is 0 Å². The largest absolute Gasteiger partial charge is 0.339 e. The van der Waals surface area contributed by atoms with Gasteiger partial charge in [-0.2, -0.15) is 0 Å². The highest BCUT2D eigenvalue weighted by molar-refractivity contribution is 5.95. The van der Waals surface area contributed by atoms with Crippen LogP contribution in [0.5, 0.6) is 0 Å². The fraction of sp³-hybridized carbons (Fsp3) is 0.471. The van der Waals surface area contributed by atoms with Crippen LogP contribution in [0.2, 0.25) is 0 Å². The number of hydrogen-bond donors (Lipinski definition) is 1. The monoisotopic (exact) mass is 272 g/mol. The number of benzene rings is 1. The van der Waals surface area contributed by atoms with Crippen LogP contribution >= 0.6 is 0 Å². The summed E-state index contributed by atoms with van der Waals surface area (Å²) >= 11 is 0. The number of allylic oxidation sites excluding steroid dienone is 1. The Morgan fingerprint density at radius 3 is 2.65 bits per heavy atom. The standard InChI is InChI=1S/C17H24N2O/c1-3-14-4-6-16(7-5-14)13(2)10-17(20)19-9-8-15(11-18)12-19/h4-7,10,15H,3,8-9,11-12,18H2,1-2H3. The molecule has 0 saturated carbocycles. The highest BCUT2D eigenvalue weighted by atomic mass is 16.2. The van der Waals surface area contributed by atoms with E-state index >= 15 is 0 Å². The summed E-state index contributed by atoms with van der Waals surface area (Å²) in [6.45, 7) is 6.44. The van der Waals surface area contributed by atoms with Crippen LogP contribution < -0.4 is 5.73 Å². The quantitative estimate of drug-likeness (QED) is 0.856. The number of nitrogens with zero attached hydrogens (tertiary/aromatic N) is 1. The van der Waals surface area contributed by atoms with E-state index in [1.165, 1.54) is 5.56 Å². The lowest BCUT2D eigenvalue weighted by molar-refractivity contribution is -0.125. The number of hydrogen-bond acceptors (Lipinski definition) is 2. The summed E-state index contributed by atoms with van der Waals surface area (Å²) in [4.78, 5) is 14.1. The van der Waals surface area contributed by atoms with Crippen LogP contribution in [0.25, 0.3) is 5.57 Å². The SMILES string of the molecule is CCc1ccc(C(C)=CC(=O)N2CCC(CN)C2)cc1. The highest BCUT2D eigenvalue weighted by Crippen LogP contribution is 2.18. The van der Waals surface area contributed by atoms with Crippen molar-refractivity contribution in [1.29, 1.82) is 0 Å². The molecule has 0 aliphatic carbocycles. The van der Waals surface area contributed by atoms with E-state index in [0.29, 0.717) is 12.5 Å². The molecule has 1 saturated heterocycles. The Kier molecular flexibility index (Phi) is 4.96. The Bertz CT molecular complexity index is 490. The minimum absolute atomic E-state index is 0.109. The maximum Gasteiger partial charge on any atom is 0.246 e. The van der Waals surface area contributed by atoms with E-state index in [4.69, 9.17) is 5.73 Å². The molecule has 1 fully saturated rings. The Balaban J connectivity index is 2.03. The fourth-order valence-electron chi connectivity index (χ4n) is 2.59. The number of aryl methyl sites for hydroxylation is 1. The van der Waals surface area contributed by atoms with E-state index in [9.17, 15) is 4.79 Å². The van der Waals surface area contributed by atoms with Gasteiger partial charge in [-0.05, 0) is 48.9 Å². The molecule has 1 atom stereocenters. The van der Waals surface area contributed by atoms with E-state index < -0.39 is 0 Å².